The van der Waals surface area contributed by atoms with Crippen molar-refractivity contribution in [1.82, 2.24) is 5.32 Å². The zero-order valence-corrected chi connectivity index (χ0v) is 34.5. The smallest absolute Gasteiger partial charge is 0.550 e. The van der Waals surface area contributed by atoms with Crippen molar-refractivity contribution >= 4 is 56.3 Å². The minimum absolute atomic E-state index is 0. The van der Waals surface area contributed by atoms with Gasteiger partial charge in [0, 0.05) is 39.2 Å². The van der Waals surface area contributed by atoms with Crippen molar-refractivity contribution in [2.45, 2.75) is 64.2 Å². The van der Waals surface area contributed by atoms with Crippen molar-refractivity contribution in [3.8, 4) is 17.2 Å². The summed E-state index contributed by atoms with van der Waals surface area (Å²) in [5.74, 6) is 0.251. The predicted molar refractivity (Wildman–Crippen MR) is 201 cm³/mol. The number of carbonyl (C=O) groups excluding carboxylic acids is 4. The number of ether oxygens (including phenoxy) is 2. The van der Waals surface area contributed by atoms with Crippen LogP contribution in [-0.2, 0) is 28.9 Å². The first-order chi connectivity index (χ1) is 24.2. The molecule has 0 saturated carbocycles. The summed E-state index contributed by atoms with van der Waals surface area (Å²) in [5.41, 5.74) is 11.5. The summed E-state index contributed by atoms with van der Waals surface area (Å²) in [6.45, 7) is 8.28. The molecule has 4 aromatic rings. The fraction of sp³-hybridized carbons (Fsp3) is 0.282. The SMILES string of the molecule is Cc1c(C)c2c(c(C)c1O)CCC(C)(COc1ccc(CC3SC(=O)NC3=O)cc1)O2.Nc1c(CC(=O)[O-])cccc1C(=O)c1ccc(Br)cc1.O.[Na+]. The molecule has 2 atom stereocenters. The van der Waals surface area contributed by atoms with Gasteiger partial charge in [0.25, 0.3) is 5.24 Å². The molecular weight excluding hydrogens is 775 g/mol. The monoisotopic (exact) mass is 814 g/mol. The van der Waals surface area contributed by atoms with Crippen molar-refractivity contribution in [2.75, 3.05) is 12.3 Å². The van der Waals surface area contributed by atoms with E-state index in [9.17, 15) is 29.4 Å². The molecule has 0 aromatic heterocycles. The van der Waals surface area contributed by atoms with Gasteiger partial charge in [-0.05, 0) is 117 Å². The van der Waals surface area contributed by atoms with Crippen LogP contribution in [0.5, 0.6) is 17.2 Å². The van der Waals surface area contributed by atoms with Gasteiger partial charge in [-0.25, -0.2) is 0 Å². The van der Waals surface area contributed by atoms with Gasteiger partial charge in [0.05, 0.1) is 5.25 Å². The fourth-order valence-corrected chi connectivity index (χ4v) is 7.10. The molecule has 2 aliphatic heterocycles. The number of anilines is 1. The summed E-state index contributed by atoms with van der Waals surface area (Å²) in [7, 11) is 0. The largest absolute Gasteiger partial charge is 1.00 e. The number of imide groups is 1. The van der Waals surface area contributed by atoms with E-state index in [1.807, 2.05) is 52.0 Å². The Kier molecular flexibility index (Phi) is 15.2. The van der Waals surface area contributed by atoms with Crippen molar-refractivity contribution in [3.05, 3.63) is 116 Å². The van der Waals surface area contributed by atoms with Crippen molar-refractivity contribution < 1.29 is 73.9 Å². The van der Waals surface area contributed by atoms with E-state index in [1.165, 1.54) is 0 Å². The topological polar surface area (TPSA) is 200 Å². The summed E-state index contributed by atoms with van der Waals surface area (Å²) < 4.78 is 13.3. The normalized spacial score (nSPS) is 17.1. The second kappa shape index (κ2) is 18.5. The molecule has 2 heterocycles. The molecule has 0 radical (unpaired) electrons. The average molecular weight is 816 g/mol. The number of carboxylic acids is 1. The van der Waals surface area contributed by atoms with E-state index >= 15 is 0 Å². The fourth-order valence-electron chi connectivity index (χ4n) is 5.97. The average Bonchev–Trinajstić information content (AvgIpc) is 3.42. The Morgan fingerprint density at radius 1 is 1.04 bits per heavy atom. The Bertz CT molecular complexity index is 2010. The summed E-state index contributed by atoms with van der Waals surface area (Å²) in [6.07, 6.45) is 1.82. The third-order valence-corrected chi connectivity index (χ3v) is 10.6. The van der Waals surface area contributed by atoms with Crippen LogP contribution >= 0.6 is 27.7 Å². The third kappa shape index (κ3) is 10.4. The number of nitrogens with one attached hydrogen (secondary N) is 1. The minimum atomic E-state index is -1.23. The van der Waals surface area contributed by atoms with E-state index in [-0.39, 0.29) is 69.3 Å². The Morgan fingerprint density at radius 3 is 2.30 bits per heavy atom. The number of thioether (sulfide) groups is 1. The Balaban J connectivity index is 0.000000300. The predicted octanol–water partition coefficient (Wildman–Crippen LogP) is 2.11. The molecule has 1 fully saturated rings. The molecule has 53 heavy (non-hydrogen) atoms. The number of ketones is 1. The third-order valence-electron chi connectivity index (χ3n) is 9.13. The molecule has 274 valence electrons. The van der Waals surface area contributed by atoms with E-state index in [4.69, 9.17) is 15.2 Å². The molecule has 0 aliphatic carbocycles. The quantitative estimate of drug-likeness (QED) is 0.128. The number of para-hydroxylation sites is 1. The summed E-state index contributed by atoms with van der Waals surface area (Å²) >= 11 is 4.33. The molecule has 4 aromatic carbocycles. The number of hydrogen-bond acceptors (Lipinski definition) is 10. The number of aliphatic carboxylic acids is 1. The van der Waals surface area contributed by atoms with E-state index in [0.29, 0.717) is 35.5 Å². The second-order valence-corrected chi connectivity index (χ2v) is 15.0. The molecule has 11 nitrogen and oxygen atoms in total. The molecular formula is C39H40BrN2NaO9S. The Labute approximate surface area is 342 Å². The van der Waals surface area contributed by atoms with Crippen LogP contribution in [0.3, 0.4) is 0 Å². The minimum Gasteiger partial charge on any atom is -0.550 e. The number of hydrogen-bond donors (Lipinski definition) is 3. The number of fused-ring (bicyclic) bond motifs is 1. The van der Waals surface area contributed by atoms with E-state index in [2.05, 4.69) is 21.2 Å². The molecule has 6 rings (SSSR count). The Hall–Kier alpha value is -3.85. The van der Waals surface area contributed by atoms with Crippen LogP contribution in [0.1, 0.15) is 62.6 Å². The molecule has 14 heteroatoms. The van der Waals surface area contributed by atoms with E-state index in [1.54, 1.807) is 42.5 Å². The first kappa shape index (κ1) is 43.6. The maximum absolute atomic E-state index is 12.4. The number of carbonyl (C=O) groups is 4. The van der Waals surface area contributed by atoms with Gasteiger partial charge in [0.2, 0.25) is 5.91 Å². The van der Waals surface area contributed by atoms with Crippen LogP contribution in [0.15, 0.2) is 71.2 Å². The first-order valence-corrected chi connectivity index (χ1v) is 17.9. The maximum Gasteiger partial charge on any atom is 1.00 e. The molecule has 2 aliphatic rings. The number of phenols is 1. The molecule has 6 N–H and O–H groups in total. The number of amides is 2. The number of nitrogens with two attached hydrogens (primary N) is 1. The maximum atomic E-state index is 12.4. The standard InChI is InChI=1S/C24H27NO5S.C15H12BrNO3.Na.H2O/c1-13-14(2)21-18(15(3)20(13)26)9-10-24(4,30-21)12-29-17-7-5-16(6-8-17)11-19-22(27)25-23(28)31-19;16-11-6-4-9(5-7-11)15(20)12-3-1-2-10(14(12)17)8-13(18)19;;/h5-8,19,26H,9-12H2,1-4H3,(H,25,27,28);1-7H,8,17H2,(H,18,19);;1H2/q;;+1;/p-1. The zero-order valence-electron chi connectivity index (χ0n) is 30.1. The summed E-state index contributed by atoms with van der Waals surface area (Å²) in [4.78, 5) is 46.1. The molecule has 0 spiro atoms. The van der Waals surface area contributed by atoms with Gasteiger partial charge < -0.3 is 35.7 Å². The van der Waals surface area contributed by atoms with Crippen molar-refractivity contribution in [3.63, 3.8) is 0 Å². The van der Waals surface area contributed by atoms with Crippen LogP contribution in [0.2, 0.25) is 0 Å². The van der Waals surface area contributed by atoms with Crippen molar-refractivity contribution in [1.29, 1.82) is 0 Å². The van der Waals surface area contributed by atoms with Crippen LogP contribution in [0.4, 0.5) is 10.5 Å². The Morgan fingerprint density at radius 2 is 1.70 bits per heavy atom. The van der Waals surface area contributed by atoms with Gasteiger partial charge in [0.1, 0.15) is 29.5 Å². The van der Waals surface area contributed by atoms with Gasteiger partial charge in [-0.2, -0.15) is 0 Å². The van der Waals surface area contributed by atoms with Gasteiger partial charge in [-0.1, -0.05) is 52.0 Å². The van der Waals surface area contributed by atoms with Crippen LogP contribution in [-0.4, -0.2) is 50.9 Å². The van der Waals surface area contributed by atoms with Crippen molar-refractivity contribution in [2.24, 2.45) is 0 Å². The second-order valence-electron chi connectivity index (χ2n) is 12.9. The van der Waals surface area contributed by atoms with E-state index in [0.717, 1.165) is 68.4 Å². The number of aromatic hydroxyl groups is 1. The number of phenolic OH excluding ortho intramolecular Hbond substituents is 1. The number of rotatable bonds is 9. The number of nitrogen functional groups attached to an aromatic ring is 1. The van der Waals surface area contributed by atoms with E-state index < -0.39 is 11.6 Å². The molecule has 1 saturated heterocycles. The summed E-state index contributed by atoms with van der Waals surface area (Å²) in [6, 6.07) is 19.2. The van der Waals surface area contributed by atoms with Gasteiger partial charge in [-0.15, -0.1) is 0 Å². The number of halogens is 1. The van der Waals surface area contributed by atoms with Gasteiger partial charge in [0.15, 0.2) is 5.78 Å². The zero-order chi connectivity index (χ0) is 37.0. The summed E-state index contributed by atoms with van der Waals surface area (Å²) in [5, 5.41) is 22.7. The van der Waals surface area contributed by atoms with Gasteiger partial charge >= 0.3 is 29.6 Å². The molecule has 2 unspecified atom stereocenters. The van der Waals surface area contributed by atoms with Gasteiger partial charge in [-0.3, -0.25) is 19.7 Å². The molecule has 2 amide bonds. The van der Waals surface area contributed by atoms with Crippen LogP contribution < -0.4 is 55.2 Å². The van der Waals surface area contributed by atoms with Crippen LogP contribution in [0, 0.1) is 20.8 Å². The molecule has 0 bridgehead atoms. The van der Waals surface area contributed by atoms with Crippen LogP contribution in [0.25, 0.3) is 0 Å². The first-order valence-electron chi connectivity index (χ1n) is 16.3. The number of carboxylic acid groups (broad SMARTS) is 1. The number of benzene rings is 4.